The first-order valence-electron chi connectivity index (χ1n) is 5.50. The first kappa shape index (κ1) is 11.4. The molecule has 1 aromatic rings. The molecule has 0 bridgehead atoms. The zero-order valence-corrected chi connectivity index (χ0v) is 9.03. The summed E-state index contributed by atoms with van der Waals surface area (Å²) in [6.45, 7) is 1.38. The van der Waals surface area contributed by atoms with Gasteiger partial charge in [0.25, 0.3) is 0 Å². The van der Waals surface area contributed by atoms with Crippen LogP contribution in [0, 0.1) is 11.7 Å². The molecule has 4 heteroatoms. The summed E-state index contributed by atoms with van der Waals surface area (Å²) >= 11 is 0. The van der Waals surface area contributed by atoms with Gasteiger partial charge in [-0.05, 0) is 37.0 Å². The summed E-state index contributed by atoms with van der Waals surface area (Å²) in [4.78, 5) is 0. The maximum absolute atomic E-state index is 13.1. The summed E-state index contributed by atoms with van der Waals surface area (Å²) in [7, 11) is 0. The predicted octanol–water partition coefficient (Wildman–Crippen LogP) is 1.96. The highest BCUT2D eigenvalue weighted by Crippen LogP contribution is 2.32. The molecule has 88 valence electrons. The largest absolute Gasteiger partial charge is 0.508 e. The van der Waals surface area contributed by atoms with Gasteiger partial charge in [0, 0.05) is 24.8 Å². The van der Waals surface area contributed by atoms with Gasteiger partial charge in [0.05, 0.1) is 0 Å². The Morgan fingerprint density at radius 1 is 1.38 bits per heavy atom. The smallest absolute Gasteiger partial charge is 0.123 e. The van der Waals surface area contributed by atoms with Gasteiger partial charge in [0.1, 0.15) is 11.6 Å². The van der Waals surface area contributed by atoms with E-state index in [0.29, 0.717) is 18.8 Å². The molecular weight excluding hydrogens is 209 g/mol. The maximum Gasteiger partial charge on any atom is 0.123 e. The number of nitrogens with two attached hydrogens (primary N) is 1. The van der Waals surface area contributed by atoms with E-state index in [4.69, 9.17) is 10.5 Å². The number of benzene rings is 1. The van der Waals surface area contributed by atoms with E-state index in [1.165, 1.54) is 18.2 Å². The lowest BCUT2D eigenvalue weighted by Crippen LogP contribution is -2.27. The molecule has 2 rings (SSSR count). The van der Waals surface area contributed by atoms with Crippen LogP contribution in [0.25, 0.3) is 0 Å². The van der Waals surface area contributed by atoms with Crippen LogP contribution in [0.5, 0.6) is 5.75 Å². The van der Waals surface area contributed by atoms with Crippen molar-refractivity contribution in [3.05, 3.63) is 29.6 Å². The molecule has 3 nitrogen and oxygen atoms in total. The maximum atomic E-state index is 13.1. The number of phenols is 1. The molecule has 1 fully saturated rings. The van der Waals surface area contributed by atoms with Crippen LogP contribution in [0.3, 0.4) is 0 Å². The van der Waals surface area contributed by atoms with Gasteiger partial charge in [-0.3, -0.25) is 0 Å². The lowest BCUT2D eigenvalue weighted by atomic mass is 9.87. The van der Waals surface area contributed by atoms with Crippen molar-refractivity contribution < 1.29 is 14.2 Å². The van der Waals surface area contributed by atoms with Gasteiger partial charge in [0.15, 0.2) is 0 Å². The minimum Gasteiger partial charge on any atom is -0.508 e. The van der Waals surface area contributed by atoms with Gasteiger partial charge in [-0.25, -0.2) is 4.39 Å². The molecule has 0 unspecified atom stereocenters. The minimum atomic E-state index is -0.365. The van der Waals surface area contributed by atoms with Gasteiger partial charge in [-0.1, -0.05) is 0 Å². The lowest BCUT2D eigenvalue weighted by molar-refractivity contribution is 0.0581. The van der Waals surface area contributed by atoms with Crippen molar-refractivity contribution in [2.24, 2.45) is 11.7 Å². The third-order valence-electron chi connectivity index (χ3n) is 3.12. The average Bonchev–Trinajstić information content (AvgIpc) is 2.32. The van der Waals surface area contributed by atoms with Crippen LogP contribution in [0.15, 0.2) is 18.2 Å². The summed E-state index contributed by atoms with van der Waals surface area (Å²) in [6, 6.07) is 3.58. The Balaban J connectivity index is 2.18. The molecule has 0 amide bonds. The zero-order chi connectivity index (χ0) is 11.5. The van der Waals surface area contributed by atoms with Crippen molar-refractivity contribution in [3.63, 3.8) is 0 Å². The van der Waals surface area contributed by atoms with E-state index in [9.17, 15) is 9.50 Å². The number of hydrogen-bond acceptors (Lipinski definition) is 3. The molecule has 16 heavy (non-hydrogen) atoms. The van der Waals surface area contributed by atoms with Crippen molar-refractivity contribution in [1.29, 1.82) is 0 Å². The molecule has 0 aliphatic carbocycles. The highest BCUT2D eigenvalue weighted by molar-refractivity contribution is 5.35. The van der Waals surface area contributed by atoms with Crippen LogP contribution >= 0.6 is 0 Å². The van der Waals surface area contributed by atoms with E-state index < -0.39 is 0 Å². The van der Waals surface area contributed by atoms with Gasteiger partial charge in [-0.2, -0.15) is 0 Å². The summed E-state index contributed by atoms with van der Waals surface area (Å²) in [6.07, 6.45) is 1.72. The number of phenolic OH excluding ortho intramolecular Hbond substituents is 1. The number of aromatic hydroxyl groups is 1. The van der Waals surface area contributed by atoms with E-state index in [1.54, 1.807) is 0 Å². The second kappa shape index (κ2) is 4.80. The Bertz CT molecular complexity index is 364. The van der Waals surface area contributed by atoms with Gasteiger partial charge >= 0.3 is 0 Å². The van der Waals surface area contributed by atoms with Crippen LogP contribution in [0.2, 0.25) is 0 Å². The number of rotatable bonds is 2. The Kier molecular flexibility index (Phi) is 3.41. The standard InChI is InChI=1S/C12H16FNO2/c13-9-1-2-11(15)10(7-9)12(14)8-3-5-16-6-4-8/h1-2,7-8,12,15H,3-6,14H2/t12-/m1/s1. The van der Waals surface area contributed by atoms with Crippen LogP contribution in [-0.4, -0.2) is 18.3 Å². The van der Waals surface area contributed by atoms with Gasteiger partial charge in [0.2, 0.25) is 0 Å². The fraction of sp³-hybridized carbons (Fsp3) is 0.500. The minimum absolute atomic E-state index is 0.0698. The fourth-order valence-corrected chi connectivity index (χ4v) is 2.12. The molecule has 1 aromatic carbocycles. The molecule has 0 aromatic heterocycles. The molecule has 3 N–H and O–H groups in total. The molecule has 1 atom stereocenters. The summed E-state index contributed by atoms with van der Waals surface area (Å²) in [5, 5.41) is 9.66. The van der Waals surface area contributed by atoms with Crippen molar-refractivity contribution in [1.82, 2.24) is 0 Å². The Hall–Kier alpha value is -1.13. The zero-order valence-electron chi connectivity index (χ0n) is 9.03. The fourth-order valence-electron chi connectivity index (χ4n) is 2.12. The van der Waals surface area contributed by atoms with Crippen LogP contribution < -0.4 is 5.73 Å². The van der Waals surface area contributed by atoms with Crippen molar-refractivity contribution >= 4 is 0 Å². The Morgan fingerprint density at radius 3 is 2.75 bits per heavy atom. The SMILES string of the molecule is N[C@@H](c1cc(F)ccc1O)C1CCOCC1. The lowest BCUT2D eigenvalue weighted by Gasteiger charge is -2.28. The van der Waals surface area contributed by atoms with Crippen LogP contribution in [0.4, 0.5) is 4.39 Å². The number of ether oxygens (including phenoxy) is 1. The van der Waals surface area contributed by atoms with Crippen molar-refractivity contribution in [2.45, 2.75) is 18.9 Å². The molecule has 1 saturated heterocycles. The average molecular weight is 225 g/mol. The summed E-state index contributed by atoms with van der Waals surface area (Å²) in [5.74, 6) is -0.0443. The number of hydrogen-bond donors (Lipinski definition) is 2. The molecule has 1 aliphatic rings. The van der Waals surface area contributed by atoms with Crippen molar-refractivity contribution in [2.75, 3.05) is 13.2 Å². The number of halogens is 1. The molecular formula is C12H16FNO2. The molecule has 0 saturated carbocycles. The second-order valence-electron chi connectivity index (χ2n) is 4.18. The third-order valence-corrected chi connectivity index (χ3v) is 3.12. The topological polar surface area (TPSA) is 55.5 Å². The summed E-state index contributed by atoms with van der Waals surface area (Å²) in [5.41, 5.74) is 6.55. The Labute approximate surface area is 94.0 Å². The van der Waals surface area contributed by atoms with Gasteiger partial charge < -0.3 is 15.6 Å². The van der Waals surface area contributed by atoms with Crippen LogP contribution in [-0.2, 0) is 4.74 Å². The van der Waals surface area contributed by atoms with Crippen molar-refractivity contribution in [3.8, 4) is 5.75 Å². The van der Waals surface area contributed by atoms with E-state index in [-0.39, 0.29) is 23.5 Å². The predicted molar refractivity (Wildman–Crippen MR) is 58.5 cm³/mol. The van der Waals surface area contributed by atoms with E-state index in [1.807, 2.05) is 0 Å². The van der Waals surface area contributed by atoms with E-state index in [2.05, 4.69) is 0 Å². The van der Waals surface area contributed by atoms with Gasteiger partial charge in [-0.15, -0.1) is 0 Å². The highest BCUT2D eigenvalue weighted by Gasteiger charge is 2.24. The van der Waals surface area contributed by atoms with E-state index in [0.717, 1.165) is 12.8 Å². The van der Waals surface area contributed by atoms with E-state index >= 15 is 0 Å². The van der Waals surface area contributed by atoms with Crippen LogP contribution in [0.1, 0.15) is 24.4 Å². The molecule has 0 spiro atoms. The first-order valence-corrected chi connectivity index (χ1v) is 5.50. The Morgan fingerprint density at radius 2 is 2.06 bits per heavy atom. The molecule has 0 radical (unpaired) electrons. The monoisotopic (exact) mass is 225 g/mol. The highest BCUT2D eigenvalue weighted by atomic mass is 19.1. The third kappa shape index (κ3) is 2.33. The quantitative estimate of drug-likeness (QED) is 0.809. The normalized spacial score (nSPS) is 19.6. The summed E-state index contributed by atoms with van der Waals surface area (Å²) < 4.78 is 18.3. The molecule has 1 heterocycles. The first-order chi connectivity index (χ1) is 7.68. The molecule has 1 aliphatic heterocycles. The second-order valence-corrected chi connectivity index (χ2v) is 4.18.